The van der Waals surface area contributed by atoms with Gasteiger partial charge in [-0.15, -0.1) is 0 Å². The Labute approximate surface area is 310 Å². The van der Waals surface area contributed by atoms with Crippen LogP contribution in [0.2, 0.25) is 0 Å². The lowest BCUT2D eigenvalue weighted by Crippen LogP contribution is -2.46. The van der Waals surface area contributed by atoms with E-state index in [0.717, 1.165) is 0 Å². The molecule has 1 aliphatic rings. The van der Waals surface area contributed by atoms with Gasteiger partial charge in [-0.1, -0.05) is 6.07 Å². The van der Waals surface area contributed by atoms with Crippen molar-refractivity contribution in [1.29, 1.82) is 0 Å². The Bertz CT molecular complexity index is 1240. The number of amides is 2. The summed E-state index contributed by atoms with van der Waals surface area (Å²) in [6.07, 6.45) is -3.40. The lowest BCUT2D eigenvalue weighted by Gasteiger charge is -2.32. The number of esters is 2. The molecule has 2 heterocycles. The SMILES string of the molecule is COC(=O)C(CCC(=O)NCC(O)C(O)C(O)CCO)N1CCOCCN([C@H](CCC(=O)NCCCCC(O)CO)C(=O)OC)Cc2cccc(n2)C1. The molecule has 0 saturated carbocycles. The van der Waals surface area contributed by atoms with Crippen LogP contribution in [-0.4, -0.2) is 173 Å². The van der Waals surface area contributed by atoms with Crippen molar-refractivity contribution in [2.75, 3.05) is 66.8 Å². The van der Waals surface area contributed by atoms with Crippen LogP contribution in [0.5, 0.6) is 0 Å². The smallest absolute Gasteiger partial charge is 0.323 e. The number of carbonyl (C=O) groups is 4. The van der Waals surface area contributed by atoms with Gasteiger partial charge >= 0.3 is 11.9 Å². The fraction of sp³-hybridized carbons (Fsp3) is 0.743. The highest BCUT2D eigenvalue weighted by Gasteiger charge is 2.31. The minimum Gasteiger partial charge on any atom is -0.468 e. The molecule has 53 heavy (non-hydrogen) atoms. The zero-order valence-electron chi connectivity index (χ0n) is 30.8. The Morgan fingerprint density at radius 1 is 0.792 bits per heavy atom. The van der Waals surface area contributed by atoms with Crippen LogP contribution in [-0.2, 0) is 46.5 Å². The molecule has 0 spiro atoms. The predicted molar refractivity (Wildman–Crippen MR) is 189 cm³/mol. The number of hydrogen-bond acceptors (Lipinski definition) is 16. The number of carbonyl (C=O) groups excluding carboxylic acids is 4. The number of aliphatic hydroxyl groups excluding tert-OH is 6. The van der Waals surface area contributed by atoms with Crippen LogP contribution < -0.4 is 10.6 Å². The summed E-state index contributed by atoms with van der Waals surface area (Å²) in [5, 5.41) is 62.5. The van der Waals surface area contributed by atoms with Crippen molar-refractivity contribution in [2.45, 2.75) is 101 Å². The molecule has 0 fully saturated rings. The van der Waals surface area contributed by atoms with E-state index in [0.29, 0.717) is 43.7 Å². The molecule has 0 saturated heterocycles. The second kappa shape index (κ2) is 25.6. The van der Waals surface area contributed by atoms with Crippen LogP contribution in [0, 0.1) is 0 Å². The molecule has 0 aromatic carbocycles. The van der Waals surface area contributed by atoms with Crippen molar-refractivity contribution < 1.29 is 64.0 Å². The molecule has 1 aromatic rings. The number of fused-ring (bicyclic) bond motifs is 2. The number of hydrogen-bond donors (Lipinski definition) is 8. The maximum Gasteiger partial charge on any atom is 0.323 e. The van der Waals surface area contributed by atoms with Gasteiger partial charge in [-0.3, -0.25) is 34.0 Å². The fourth-order valence-corrected chi connectivity index (χ4v) is 5.88. The molecule has 0 radical (unpaired) electrons. The summed E-state index contributed by atoms with van der Waals surface area (Å²) in [5.41, 5.74) is 1.24. The molecule has 1 aliphatic heterocycles. The molecule has 18 nitrogen and oxygen atoms in total. The summed E-state index contributed by atoms with van der Waals surface area (Å²) in [6, 6.07) is 3.79. The highest BCUT2D eigenvalue weighted by molar-refractivity contribution is 5.80. The van der Waals surface area contributed by atoms with Gasteiger partial charge in [0, 0.05) is 58.7 Å². The maximum absolute atomic E-state index is 13.0. The van der Waals surface area contributed by atoms with E-state index in [1.54, 1.807) is 17.0 Å². The van der Waals surface area contributed by atoms with Crippen LogP contribution in [0.1, 0.15) is 62.8 Å². The van der Waals surface area contributed by atoms with Gasteiger partial charge < -0.3 is 55.5 Å². The number of methoxy groups -OCH3 is 2. The monoisotopic (exact) mass is 757 g/mol. The first-order valence-corrected chi connectivity index (χ1v) is 18.1. The highest BCUT2D eigenvalue weighted by Crippen LogP contribution is 2.18. The molecular formula is C35H59N5O13. The number of nitrogens with zero attached hydrogens (tertiary/aromatic N) is 3. The quantitative estimate of drug-likeness (QED) is 0.0452. The van der Waals surface area contributed by atoms with Crippen LogP contribution in [0.4, 0.5) is 0 Å². The molecule has 6 atom stereocenters. The summed E-state index contributed by atoms with van der Waals surface area (Å²) in [7, 11) is 2.54. The summed E-state index contributed by atoms with van der Waals surface area (Å²) in [6.45, 7) is 0.779. The van der Waals surface area contributed by atoms with E-state index in [4.69, 9.17) is 29.4 Å². The van der Waals surface area contributed by atoms with Gasteiger partial charge in [0.1, 0.15) is 18.2 Å². The van der Waals surface area contributed by atoms with Gasteiger partial charge in [-0.05, 0) is 50.7 Å². The lowest BCUT2D eigenvalue weighted by atomic mass is 10.1. The number of ether oxygens (including phenoxy) is 3. The number of aliphatic hydroxyl groups is 6. The Hall–Kier alpha value is -3.33. The molecule has 8 N–H and O–H groups in total. The van der Waals surface area contributed by atoms with Crippen LogP contribution >= 0.6 is 0 Å². The van der Waals surface area contributed by atoms with Crippen LogP contribution in [0.3, 0.4) is 0 Å². The number of aromatic nitrogens is 1. The second-order valence-electron chi connectivity index (χ2n) is 13.0. The standard InChI is InChI=1S/C35H59N5O13/c1-51-34(49)27(9-11-31(46)36-14-4-3-8-26(43)23-42)39-15-18-53-19-16-40(22-25-7-5-6-24(21-39)38-25)28(35(50)52-2)10-12-32(47)37-20-30(45)33(48)29(44)13-17-41/h5-7,26-30,33,41-45,48H,3-4,8-23H2,1-2H3,(H,36,46)(H,37,47)/t26?,27-,28?,29?,30?,33?/m1/s1. The topological polar surface area (TPSA) is 261 Å². The first-order chi connectivity index (χ1) is 25.4. The highest BCUT2D eigenvalue weighted by atomic mass is 16.5. The van der Waals surface area contributed by atoms with Crippen molar-refractivity contribution in [1.82, 2.24) is 25.4 Å². The average molecular weight is 758 g/mol. The summed E-state index contributed by atoms with van der Waals surface area (Å²) in [4.78, 5) is 59.7. The minimum absolute atomic E-state index is 0.0546. The number of rotatable bonds is 22. The van der Waals surface area contributed by atoms with E-state index in [9.17, 15) is 39.6 Å². The van der Waals surface area contributed by atoms with Gasteiger partial charge in [0.25, 0.3) is 0 Å². The minimum atomic E-state index is -1.57. The van der Waals surface area contributed by atoms with Crippen LogP contribution in [0.25, 0.3) is 0 Å². The molecule has 2 bridgehead atoms. The molecule has 302 valence electrons. The maximum atomic E-state index is 13.0. The van der Waals surface area contributed by atoms with Gasteiger partial charge in [0.2, 0.25) is 11.8 Å². The second-order valence-corrected chi connectivity index (χ2v) is 13.0. The van der Waals surface area contributed by atoms with E-state index < -0.39 is 54.3 Å². The van der Waals surface area contributed by atoms with Crippen molar-refractivity contribution in [3.8, 4) is 0 Å². The molecule has 18 heteroatoms. The first-order valence-electron chi connectivity index (χ1n) is 18.1. The van der Waals surface area contributed by atoms with Gasteiger partial charge in [0.15, 0.2) is 0 Å². The van der Waals surface area contributed by atoms with E-state index in [1.165, 1.54) is 14.2 Å². The summed E-state index contributed by atoms with van der Waals surface area (Å²) < 4.78 is 16.1. The molecular weight excluding hydrogens is 698 g/mol. The molecule has 2 amide bonds. The Kier molecular flexibility index (Phi) is 22.2. The Morgan fingerprint density at radius 3 is 1.85 bits per heavy atom. The van der Waals surface area contributed by atoms with E-state index in [-0.39, 0.29) is 90.6 Å². The van der Waals surface area contributed by atoms with Crippen molar-refractivity contribution in [2.24, 2.45) is 0 Å². The third-order valence-corrected chi connectivity index (χ3v) is 8.98. The Balaban J connectivity index is 2.09. The third kappa shape index (κ3) is 17.1. The van der Waals surface area contributed by atoms with Crippen molar-refractivity contribution in [3.63, 3.8) is 0 Å². The fourth-order valence-electron chi connectivity index (χ4n) is 5.88. The number of unbranched alkanes of at least 4 members (excludes halogenated alkanes) is 1. The van der Waals surface area contributed by atoms with Crippen molar-refractivity contribution in [3.05, 3.63) is 29.6 Å². The third-order valence-electron chi connectivity index (χ3n) is 8.98. The first kappa shape index (κ1) is 45.8. The predicted octanol–water partition coefficient (Wildman–Crippen LogP) is -2.42. The van der Waals surface area contributed by atoms with Gasteiger partial charge in [-0.2, -0.15) is 0 Å². The zero-order chi connectivity index (χ0) is 39.2. The van der Waals surface area contributed by atoms with E-state index in [2.05, 4.69) is 10.6 Å². The summed E-state index contributed by atoms with van der Waals surface area (Å²) >= 11 is 0. The van der Waals surface area contributed by atoms with Gasteiger partial charge in [0.05, 0.1) is 63.7 Å². The van der Waals surface area contributed by atoms with E-state index in [1.807, 2.05) is 11.0 Å². The van der Waals surface area contributed by atoms with Crippen LogP contribution in [0.15, 0.2) is 18.2 Å². The zero-order valence-corrected chi connectivity index (χ0v) is 30.8. The number of nitrogens with one attached hydrogen (secondary N) is 2. The molecule has 5 unspecified atom stereocenters. The molecule has 0 aliphatic carbocycles. The normalized spacial score (nSPS) is 17.9. The molecule has 2 rings (SSSR count). The van der Waals surface area contributed by atoms with E-state index >= 15 is 0 Å². The Morgan fingerprint density at radius 2 is 1.34 bits per heavy atom. The van der Waals surface area contributed by atoms with Gasteiger partial charge in [-0.25, -0.2) is 0 Å². The largest absolute Gasteiger partial charge is 0.468 e. The average Bonchev–Trinajstić information content (AvgIpc) is 3.15. The molecule has 1 aromatic heterocycles. The number of pyridine rings is 1. The lowest BCUT2D eigenvalue weighted by molar-refractivity contribution is -0.148. The summed E-state index contributed by atoms with van der Waals surface area (Å²) in [5.74, 6) is -1.80. The van der Waals surface area contributed by atoms with Crippen molar-refractivity contribution >= 4 is 23.8 Å².